The zero-order valence-corrected chi connectivity index (χ0v) is 6.11. The van der Waals surface area contributed by atoms with Gasteiger partial charge in [0, 0.05) is 18.9 Å². The Morgan fingerprint density at radius 3 is 3.09 bits per heavy atom. The fourth-order valence-corrected chi connectivity index (χ4v) is 0.773. The van der Waals surface area contributed by atoms with Crippen molar-refractivity contribution in [2.24, 2.45) is 0 Å². The highest BCUT2D eigenvalue weighted by molar-refractivity contribution is 5.26. The summed E-state index contributed by atoms with van der Waals surface area (Å²) in [6.07, 6.45) is 3.01. The number of rotatable bonds is 2. The molecule has 5 heteroatoms. The molecule has 0 unspecified atom stereocenters. The normalized spacial score (nSPS) is 9.64. The van der Waals surface area contributed by atoms with Crippen LogP contribution >= 0.6 is 0 Å². The quantitative estimate of drug-likeness (QED) is 0.593. The van der Waals surface area contributed by atoms with Gasteiger partial charge in [0.1, 0.15) is 0 Å². The molecule has 1 aromatic heterocycles. The molecule has 1 rings (SSSR count). The highest BCUT2D eigenvalue weighted by Crippen LogP contribution is 1.89. The van der Waals surface area contributed by atoms with Gasteiger partial charge < -0.3 is 4.57 Å². The zero-order chi connectivity index (χ0) is 8.27. The van der Waals surface area contributed by atoms with E-state index in [1.165, 1.54) is 10.8 Å². The van der Waals surface area contributed by atoms with Crippen LogP contribution in [0.2, 0.25) is 0 Å². The minimum Gasteiger partial charge on any atom is -0.311 e. The molecule has 0 atom stereocenters. The summed E-state index contributed by atoms with van der Waals surface area (Å²) >= 11 is 0. The van der Waals surface area contributed by atoms with Crippen LogP contribution < -0.4 is 11.0 Å². The van der Waals surface area contributed by atoms with Crippen molar-refractivity contribution < 1.29 is 5.21 Å². The first kappa shape index (κ1) is 7.74. The van der Waals surface area contributed by atoms with E-state index in [-0.39, 0.29) is 11.4 Å². The molecule has 0 aliphatic carbocycles. The third-order valence-electron chi connectivity index (χ3n) is 1.36. The maximum atomic E-state index is 11.1. The summed E-state index contributed by atoms with van der Waals surface area (Å²) < 4.78 is 1.44. The summed E-state index contributed by atoms with van der Waals surface area (Å²) in [5.74, 6) is -0.0469. The Hall–Kier alpha value is -1.36. The molecule has 0 amide bonds. The van der Waals surface area contributed by atoms with Gasteiger partial charge in [-0.25, -0.2) is 10.5 Å². The number of aromatic nitrogens is 2. The van der Waals surface area contributed by atoms with E-state index < -0.39 is 0 Å². The molecule has 2 N–H and O–H groups in total. The van der Waals surface area contributed by atoms with Crippen molar-refractivity contribution in [3.63, 3.8) is 0 Å². The second-order valence-electron chi connectivity index (χ2n) is 1.98. The van der Waals surface area contributed by atoms with Gasteiger partial charge in [0.25, 0.3) is 5.56 Å². The van der Waals surface area contributed by atoms with Crippen molar-refractivity contribution in [2.45, 2.75) is 13.5 Å². The number of nitrogens with one attached hydrogen (secondary N) is 1. The summed E-state index contributed by atoms with van der Waals surface area (Å²) in [5.41, 5.74) is 1.40. The fourth-order valence-electron chi connectivity index (χ4n) is 0.773. The Kier molecular flexibility index (Phi) is 2.22. The minimum atomic E-state index is -0.322. The monoisotopic (exact) mass is 155 g/mol. The summed E-state index contributed by atoms with van der Waals surface area (Å²) in [7, 11) is 0. The van der Waals surface area contributed by atoms with Crippen LogP contribution in [0.3, 0.4) is 0 Å². The van der Waals surface area contributed by atoms with Gasteiger partial charge in [-0.1, -0.05) is 0 Å². The lowest BCUT2D eigenvalue weighted by Crippen LogP contribution is -2.22. The van der Waals surface area contributed by atoms with Crippen molar-refractivity contribution in [3.05, 3.63) is 22.7 Å². The summed E-state index contributed by atoms with van der Waals surface area (Å²) in [4.78, 5) is 14.7. The van der Waals surface area contributed by atoms with Crippen LogP contribution in [0.1, 0.15) is 6.92 Å². The lowest BCUT2D eigenvalue weighted by molar-refractivity contribution is 0.383. The van der Waals surface area contributed by atoms with Crippen LogP contribution in [0.15, 0.2) is 17.2 Å². The SMILES string of the molecule is CCn1ccnc(NO)c1=O. The van der Waals surface area contributed by atoms with Crippen molar-refractivity contribution in [2.75, 3.05) is 5.48 Å². The first-order chi connectivity index (χ1) is 5.29. The second-order valence-corrected chi connectivity index (χ2v) is 1.98. The molecule has 1 heterocycles. The van der Waals surface area contributed by atoms with Crippen molar-refractivity contribution in [1.82, 2.24) is 9.55 Å². The Morgan fingerprint density at radius 2 is 2.55 bits per heavy atom. The van der Waals surface area contributed by atoms with E-state index in [0.717, 1.165) is 0 Å². The molecule has 0 aliphatic rings. The first-order valence-corrected chi connectivity index (χ1v) is 3.25. The van der Waals surface area contributed by atoms with Gasteiger partial charge in [-0.15, -0.1) is 0 Å². The van der Waals surface area contributed by atoms with E-state index in [1.807, 2.05) is 6.92 Å². The largest absolute Gasteiger partial charge is 0.311 e. The molecule has 5 nitrogen and oxygen atoms in total. The molecule has 0 spiro atoms. The molecule has 0 saturated heterocycles. The first-order valence-electron chi connectivity index (χ1n) is 3.25. The molecule has 0 aliphatic heterocycles. The average Bonchev–Trinajstić information content (AvgIpc) is 2.05. The molecule has 1 aromatic rings. The summed E-state index contributed by atoms with van der Waals surface area (Å²) in [6.45, 7) is 2.40. The van der Waals surface area contributed by atoms with Gasteiger partial charge in [0.2, 0.25) is 5.82 Å². The Morgan fingerprint density at radius 1 is 1.82 bits per heavy atom. The summed E-state index contributed by atoms with van der Waals surface area (Å²) in [6, 6.07) is 0. The van der Waals surface area contributed by atoms with E-state index in [1.54, 1.807) is 11.7 Å². The van der Waals surface area contributed by atoms with Crippen molar-refractivity contribution in [1.29, 1.82) is 0 Å². The number of nitrogens with zero attached hydrogens (tertiary/aromatic N) is 2. The summed E-state index contributed by atoms with van der Waals surface area (Å²) in [5, 5.41) is 8.41. The molecule has 0 saturated carbocycles. The predicted octanol–water partition coefficient (Wildman–Crippen LogP) is 0.0643. The Balaban J connectivity index is 3.21. The number of hydrogen-bond acceptors (Lipinski definition) is 4. The molecular weight excluding hydrogens is 146 g/mol. The molecule has 0 radical (unpaired) electrons. The van der Waals surface area contributed by atoms with Crippen LogP contribution in [0, 0.1) is 0 Å². The van der Waals surface area contributed by atoms with E-state index in [0.29, 0.717) is 6.54 Å². The standard InChI is InChI=1S/C6H9N3O2/c1-2-9-4-3-7-5(8-11)6(9)10/h3-4,11H,2H2,1H3,(H,7,8). The molecule has 0 aromatic carbocycles. The maximum absolute atomic E-state index is 11.1. The lowest BCUT2D eigenvalue weighted by Gasteiger charge is -2.01. The van der Waals surface area contributed by atoms with Gasteiger partial charge in [-0.05, 0) is 6.92 Å². The fraction of sp³-hybridized carbons (Fsp3) is 0.333. The highest BCUT2D eigenvalue weighted by Gasteiger charge is 1.99. The number of hydrogen-bond donors (Lipinski definition) is 2. The van der Waals surface area contributed by atoms with Crippen LogP contribution in [0.4, 0.5) is 5.82 Å². The van der Waals surface area contributed by atoms with E-state index >= 15 is 0 Å². The number of aryl methyl sites for hydroxylation is 1. The number of anilines is 1. The molecule has 60 valence electrons. The average molecular weight is 155 g/mol. The minimum absolute atomic E-state index is 0.0469. The van der Waals surface area contributed by atoms with E-state index in [9.17, 15) is 4.79 Å². The third-order valence-corrected chi connectivity index (χ3v) is 1.36. The smallest absolute Gasteiger partial charge is 0.295 e. The predicted molar refractivity (Wildman–Crippen MR) is 39.6 cm³/mol. The van der Waals surface area contributed by atoms with Gasteiger partial charge in [0.15, 0.2) is 0 Å². The highest BCUT2D eigenvalue weighted by atomic mass is 16.5. The second kappa shape index (κ2) is 3.16. The van der Waals surface area contributed by atoms with Gasteiger partial charge in [0.05, 0.1) is 0 Å². The van der Waals surface area contributed by atoms with Gasteiger partial charge >= 0.3 is 0 Å². The van der Waals surface area contributed by atoms with Gasteiger partial charge in [-0.2, -0.15) is 0 Å². The van der Waals surface area contributed by atoms with E-state index in [2.05, 4.69) is 4.98 Å². The van der Waals surface area contributed by atoms with Crippen molar-refractivity contribution >= 4 is 5.82 Å². The molecule has 11 heavy (non-hydrogen) atoms. The van der Waals surface area contributed by atoms with Crippen molar-refractivity contribution in [3.8, 4) is 0 Å². The third kappa shape index (κ3) is 1.38. The maximum Gasteiger partial charge on any atom is 0.295 e. The Bertz CT molecular complexity index is 269. The van der Waals surface area contributed by atoms with Crippen LogP contribution in [-0.2, 0) is 6.54 Å². The zero-order valence-electron chi connectivity index (χ0n) is 6.11. The van der Waals surface area contributed by atoms with Gasteiger partial charge in [-0.3, -0.25) is 10.0 Å². The van der Waals surface area contributed by atoms with E-state index in [4.69, 9.17) is 5.21 Å². The Labute approximate surface area is 63.3 Å². The van der Waals surface area contributed by atoms with Crippen LogP contribution in [0.5, 0.6) is 0 Å². The molecular formula is C6H9N3O2. The lowest BCUT2D eigenvalue weighted by atomic mass is 10.6. The van der Waals surface area contributed by atoms with Crippen LogP contribution in [0.25, 0.3) is 0 Å². The van der Waals surface area contributed by atoms with Crippen LogP contribution in [-0.4, -0.2) is 14.8 Å². The molecule has 0 fully saturated rings. The topological polar surface area (TPSA) is 67.2 Å². The molecule has 0 bridgehead atoms.